The number of aryl methyl sites for hydroxylation is 1. The Bertz CT molecular complexity index is 757. The quantitative estimate of drug-likeness (QED) is 0.580. The second-order valence-electron chi connectivity index (χ2n) is 3.58. The summed E-state index contributed by atoms with van der Waals surface area (Å²) in [4.78, 5) is 19.5. The molecule has 2 heterocycles. The Labute approximate surface area is 86.4 Å². The number of benzene rings is 1. The van der Waals surface area contributed by atoms with Crippen molar-refractivity contribution in [2.45, 2.75) is 6.92 Å². The fourth-order valence-corrected chi connectivity index (χ4v) is 1.78. The number of hydrogen-bond donors (Lipinski definition) is 2. The molecule has 0 atom stereocenters. The summed E-state index contributed by atoms with van der Waals surface area (Å²) in [6.45, 7) is 1.99. The zero-order chi connectivity index (χ0) is 11.3. The Balaban J connectivity index is 2.61. The molecule has 15 heavy (non-hydrogen) atoms. The minimum Gasteiger partial charge on any atom is -0.349 e. The summed E-state index contributed by atoms with van der Waals surface area (Å²) in [6.07, 6.45) is 1.22. The zero-order valence-corrected chi connectivity index (χ0v) is 8.11. The normalized spacial score (nSPS) is 12.2. The first-order chi connectivity index (χ1) is 7.66. The Morgan fingerprint density at radius 1 is 1.47 bits per heavy atom. The number of fused-ring (bicyclic) bond motifs is 3. The van der Waals surface area contributed by atoms with Gasteiger partial charge in [-0.05, 0) is 19.1 Å². The molecule has 3 rings (SSSR count). The van der Waals surface area contributed by atoms with E-state index < -0.39 is 0 Å². The van der Waals surface area contributed by atoms with E-state index in [4.69, 9.17) is 1.41 Å². The Kier molecular flexibility index (Phi) is 1.30. The predicted octanol–water partition coefficient (Wildman–Crippen LogP) is 1.71. The lowest BCUT2D eigenvalue weighted by Gasteiger charge is -1.92. The molecule has 4 nitrogen and oxygen atoms in total. The van der Waals surface area contributed by atoms with Crippen LogP contribution in [0.5, 0.6) is 0 Å². The standard InChI is InChI=1S/C11H9N3O/c1-6-2-3-8-7(4-6)9-10(14-8)11(15)13-5-12-9/h2-5,14H,1H3,(H,12,13,15)/i/hD. The third-order valence-electron chi connectivity index (χ3n) is 2.50. The fourth-order valence-electron chi connectivity index (χ4n) is 1.78. The molecule has 74 valence electrons. The minimum atomic E-state index is -0.376. The molecule has 0 saturated carbocycles. The highest BCUT2D eigenvalue weighted by Crippen LogP contribution is 2.21. The smallest absolute Gasteiger partial charge is 0.275 e. The molecule has 4 heteroatoms. The van der Waals surface area contributed by atoms with Gasteiger partial charge in [0.15, 0.2) is 1.41 Å². The number of H-pyrrole nitrogens is 2. The van der Waals surface area contributed by atoms with E-state index in [1.807, 2.05) is 25.1 Å². The van der Waals surface area contributed by atoms with Crippen molar-refractivity contribution < 1.29 is 1.41 Å². The Morgan fingerprint density at radius 3 is 3.20 bits per heavy atom. The summed E-state index contributed by atoms with van der Waals surface area (Å²) in [7, 11) is 0. The van der Waals surface area contributed by atoms with Crippen LogP contribution in [0.15, 0.2) is 29.3 Å². The summed E-state index contributed by atoms with van der Waals surface area (Å²) >= 11 is 0. The van der Waals surface area contributed by atoms with Crippen molar-refractivity contribution in [1.82, 2.24) is 14.9 Å². The molecule has 0 fully saturated rings. The molecule has 1 aromatic carbocycles. The van der Waals surface area contributed by atoms with Gasteiger partial charge in [-0.2, -0.15) is 0 Å². The van der Waals surface area contributed by atoms with Gasteiger partial charge in [0.1, 0.15) is 11.0 Å². The van der Waals surface area contributed by atoms with Gasteiger partial charge in [-0.3, -0.25) is 4.79 Å². The number of rotatable bonds is 0. The van der Waals surface area contributed by atoms with Crippen LogP contribution in [-0.4, -0.2) is 14.9 Å². The molecule has 3 aromatic rings. The van der Waals surface area contributed by atoms with Crippen molar-refractivity contribution in [3.8, 4) is 0 Å². The van der Waals surface area contributed by atoms with Gasteiger partial charge in [-0.15, -0.1) is 0 Å². The van der Waals surface area contributed by atoms with Crippen molar-refractivity contribution in [1.29, 1.82) is 0 Å². The molecule has 0 aliphatic rings. The Morgan fingerprint density at radius 2 is 2.33 bits per heavy atom. The van der Waals surface area contributed by atoms with Crippen molar-refractivity contribution in [2.75, 3.05) is 0 Å². The summed E-state index contributed by atoms with van der Waals surface area (Å²) in [5.74, 6) is 0. The third kappa shape index (κ3) is 1.08. The van der Waals surface area contributed by atoms with E-state index in [-0.39, 0.29) is 5.56 Å². The maximum absolute atomic E-state index is 11.7. The van der Waals surface area contributed by atoms with Crippen LogP contribution in [0.2, 0.25) is 1.41 Å². The summed E-state index contributed by atoms with van der Waals surface area (Å²) in [5.41, 5.74) is 2.63. The molecule has 0 radical (unpaired) electrons. The Hall–Kier alpha value is -2.10. The number of aromatic nitrogens is 3. The molecule has 0 saturated heterocycles. The molecular formula is C11H9N3O. The van der Waals surface area contributed by atoms with Gasteiger partial charge in [0, 0.05) is 10.9 Å². The number of nitrogens with zero attached hydrogens (tertiary/aromatic N) is 1. The first-order valence-electron chi connectivity index (χ1n) is 5.10. The molecule has 0 aliphatic heterocycles. The van der Waals surface area contributed by atoms with Crippen LogP contribution in [0.1, 0.15) is 5.56 Å². The van der Waals surface area contributed by atoms with Gasteiger partial charge in [0.25, 0.3) is 5.56 Å². The van der Waals surface area contributed by atoms with Crippen molar-refractivity contribution in [3.05, 3.63) is 40.4 Å². The molecule has 0 bridgehead atoms. The van der Waals surface area contributed by atoms with E-state index in [1.165, 1.54) is 6.33 Å². The van der Waals surface area contributed by atoms with Gasteiger partial charge in [-0.1, -0.05) is 11.6 Å². The lowest BCUT2D eigenvalue weighted by atomic mass is 10.2. The van der Waals surface area contributed by atoms with Crippen LogP contribution in [0.3, 0.4) is 0 Å². The van der Waals surface area contributed by atoms with Gasteiger partial charge < -0.3 is 9.96 Å². The maximum Gasteiger partial charge on any atom is 0.275 e. The van der Waals surface area contributed by atoms with E-state index in [2.05, 4.69) is 9.97 Å². The van der Waals surface area contributed by atoms with E-state index in [9.17, 15) is 4.79 Å². The lowest BCUT2D eigenvalue weighted by Crippen LogP contribution is -2.05. The highest BCUT2D eigenvalue weighted by Gasteiger charge is 2.07. The highest BCUT2D eigenvalue weighted by atomic mass is 16.1. The monoisotopic (exact) mass is 200 g/mol. The average Bonchev–Trinajstić information content (AvgIpc) is 2.62. The topological polar surface area (TPSA) is 61.5 Å². The first kappa shape index (κ1) is 7.23. The third-order valence-corrected chi connectivity index (χ3v) is 2.50. The molecule has 0 spiro atoms. The molecule has 0 amide bonds. The molecular weight excluding hydrogens is 190 g/mol. The van der Waals surface area contributed by atoms with Crippen LogP contribution >= 0.6 is 0 Å². The fraction of sp³-hybridized carbons (Fsp3) is 0.0909. The predicted molar refractivity (Wildman–Crippen MR) is 59.0 cm³/mol. The SMILES string of the molecule is [2H]n1cnc2c([nH]c3ccc(C)cc32)c1=O. The van der Waals surface area contributed by atoms with Crippen LogP contribution in [0.25, 0.3) is 21.9 Å². The second kappa shape index (κ2) is 2.70. The second-order valence-corrected chi connectivity index (χ2v) is 3.58. The van der Waals surface area contributed by atoms with Crippen LogP contribution < -0.4 is 5.56 Å². The summed E-state index contributed by atoms with van der Waals surface area (Å²) < 4.78 is 7.34. The molecule has 0 unspecified atom stereocenters. The van der Waals surface area contributed by atoms with Gasteiger partial charge in [-0.25, -0.2) is 4.98 Å². The van der Waals surface area contributed by atoms with E-state index >= 15 is 0 Å². The first-order valence-corrected chi connectivity index (χ1v) is 4.66. The van der Waals surface area contributed by atoms with Gasteiger partial charge in [0.2, 0.25) is 0 Å². The summed E-state index contributed by atoms with van der Waals surface area (Å²) in [6, 6.07) is 5.87. The maximum atomic E-state index is 11.7. The number of aromatic amines is 2. The van der Waals surface area contributed by atoms with Crippen molar-refractivity contribution >= 4 is 21.9 Å². The number of nitrogens with one attached hydrogen (secondary N) is 2. The lowest BCUT2D eigenvalue weighted by molar-refractivity contribution is 1.17. The summed E-state index contributed by atoms with van der Waals surface area (Å²) in [5, 5.41) is 0.924. The molecule has 0 aliphatic carbocycles. The van der Waals surface area contributed by atoms with Gasteiger partial charge >= 0.3 is 0 Å². The van der Waals surface area contributed by atoms with Crippen LogP contribution in [0.4, 0.5) is 0 Å². The number of hydrogen-bond acceptors (Lipinski definition) is 2. The highest BCUT2D eigenvalue weighted by molar-refractivity contribution is 6.04. The van der Waals surface area contributed by atoms with Crippen LogP contribution in [0, 0.1) is 6.92 Å². The molecule has 2 N–H and O–H groups in total. The largest absolute Gasteiger partial charge is 0.349 e. The van der Waals surface area contributed by atoms with Gasteiger partial charge in [0.05, 0.1) is 6.33 Å². The molecule has 2 aromatic heterocycles. The van der Waals surface area contributed by atoms with Crippen molar-refractivity contribution in [3.63, 3.8) is 0 Å². The van der Waals surface area contributed by atoms with Crippen molar-refractivity contribution in [2.24, 2.45) is 0 Å². The van der Waals surface area contributed by atoms with Crippen LogP contribution in [-0.2, 0) is 0 Å². The van der Waals surface area contributed by atoms with E-state index in [0.29, 0.717) is 11.0 Å². The van der Waals surface area contributed by atoms with E-state index in [1.54, 1.807) is 0 Å². The van der Waals surface area contributed by atoms with E-state index in [0.717, 1.165) is 21.4 Å². The average molecular weight is 200 g/mol. The minimum absolute atomic E-state index is 0.376. The zero-order valence-electron chi connectivity index (χ0n) is 9.11.